The normalized spacial score (nSPS) is 10.4. The number of hydrogen-bond acceptors (Lipinski definition) is 4. The molecule has 0 fully saturated rings. The fraction of sp³-hybridized carbons (Fsp3) is 0.111. The maximum Gasteiger partial charge on any atom is 0.267 e. The van der Waals surface area contributed by atoms with Crippen molar-refractivity contribution >= 4 is 21.8 Å². The quantitative estimate of drug-likeness (QED) is 0.715. The zero-order valence-electron chi connectivity index (χ0n) is 13.2. The molecular formula is C18H15BrN4O2. The van der Waals surface area contributed by atoms with Gasteiger partial charge in [-0.05, 0) is 29.8 Å². The van der Waals surface area contributed by atoms with Crippen molar-refractivity contribution in [2.45, 2.75) is 13.1 Å². The molecule has 25 heavy (non-hydrogen) atoms. The highest BCUT2D eigenvalue weighted by molar-refractivity contribution is 9.10. The predicted octanol–water partition coefficient (Wildman–Crippen LogP) is 2.38. The van der Waals surface area contributed by atoms with E-state index >= 15 is 0 Å². The van der Waals surface area contributed by atoms with Crippen LogP contribution in [0.15, 0.2) is 70.2 Å². The van der Waals surface area contributed by atoms with Crippen LogP contribution >= 0.6 is 15.9 Å². The van der Waals surface area contributed by atoms with Crippen molar-refractivity contribution in [3.63, 3.8) is 0 Å². The second-order valence-corrected chi connectivity index (χ2v) is 6.28. The smallest absolute Gasteiger partial charge is 0.267 e. The van der Waals surface area contributed by atoms with Gasteiger partial charge in [-0.15, -0.1) is 0 Å². The van der Waals surface area contributed by atoms with Crippen LogP contribution in [0.5, 0.6) is 0 Å². The van der Waals surface area contributed by atoms with E-state index < -0.39 is 0 Å². The zero-order valence-corrected chi connectivity index (χ0v) is 14.8. The number of pyridine rings is 1. The van der Waals surface area contributed by atoms with E-state index in [4.69, 9.17) is 0 Å². The maximum atomic E-state index is 12.1. The van der Waals surface area contributed by atoms with Crippen LogP contribution in [-0.2, 0) is 17.9 Å². The van der Waals surface area contributed by atoms with Crippen molar-refractivity contribution in [3.05, 3.63) is 81.3 Å². The SMILES string of the molecule is O=C(Cn1nc(-c2ccc(Br)cc2)ccc1=O)NCc1cccnc1. The molecule has 1 N–H and O–H groups in total. The minimum Gasteiger partial charge on any atom is -0.350 e. The first kappa shape index (κ1) is 17.0. The Kier molecular flexibility index (Phi) is 5.35. The lowest BCUT2D eigenvalue weighted by Gasteiger charge is -2.08. The highest BCUT2D eigenvalue weighted by atomic mass is 79.9. The Labute approximate surface area is 152 Å². The molecule has 2 aromatic heterocycles. The Bertz CT molecular complexity index is 924. The van der Waals surface area contributed by atoms with Crippen LogP contribution in [0.25, 0.3) is 11.3 Å². The number of halogens is 1. The molecule has 3 aromatic rings. The molecule has 0 bridgehead atoms. The summed E-state index contributed by atoms with van der Waals surface area (Å²) < 4.78 is 2.12. The minimum atomic E-state index is -0.322. The van der Waals surface area contributed by atoms with E-state index in [0.717, 1.165) is 20.3 Å². The van der Waals surface area contributed by atoms with Gasteiger partial charge in [0.25, 0.3) is 5.56 Å². The highest BCUT2D eigenvalue weighted by Gasteiger charge is 2.08. The number of carbonyl (C=O) groups is 1. The molecule has 0 aliphatic heterocycles. The van der Waals surface area contributed by atoms with Crippen molar-refractivity contribution in [2.24, 2.45) is 0 Å². The van der Waals surface area contributed by atoms with Gasteiger partial charge in [0.15, 0.2) is 0 Å². The monoisotopic (exact) mass is 398 g/mol. The lowest BCUT2D eigenvalue weighted by atomic mass is 10.1. The molecule has 3 rings (SSSR count). The third-order valence-electron chi connectivity index (χ3n) is 3.51. The van der Waals surface area contributed by atoms with Gasteiger partial charge in [0.2, 0.25) is 5.91 Å². The molecule has 1 aromatic carbocycles. The molecule has 0 spiro atoms. The fourth-order valence-electron chi connectivity index (χ4n) is 2.23. The number of amides is 1. The summed E-state index contributed by atoms with van der Waals surface area (Å²) in [6.07, 6.45) is 3.35. The third kappa shape index (κ3) is 4.60. The Morgan fingerprint density at radius 1 is 1.12 bits per heavy atom. The Balaban J connectivity index is 1.71. The molecule has 0 aliphatic rings. The number of hydrogen-bond donors (Lipinski definition) is 1. The van der Waals surface area contributed by atoms with Crippen molar-refractivity contribution in [2.75, 3.05) is 0 Å². The summed E-state index contributed by atoms with van der Waals surface area (Å²) in [5.74, 6) is -0.286. The number of carbonyl (C=O) groups excluding carboxylic acids is 1. The van der Waals surface area contributed by atoms with Crippen LogP contribution in [0.4, 0.5) is 0 Å². The standard InChI is InChI=1S/C18H15BrN4O2/c19-15-5-3-14(4-6-15)16-7-8-18(25)23(22-16)12-17(24)21-11-13-2-1-9-20-10-13/h1-10H,11-12H2,(H,21,24). The van der Waals surface area contributed by atoms with Crippen LogP contribution in [-0.4, -0.2) is 20.7 Å². The van der Waals surface area contributed by atoms with Crippen LogP contribution in [0, 0.1) is 0 Å². The van der Waals surface area contributed by atoms with Crippen LogP contribution in [0.2, 0.25) is 0 Å². The van der Waals surface area contributed by atoms with Gasteiger partial charge in [-0.1, -0.05) is 34.1 Å². The lowest BCUT2D eigenvalue weighted by Crippen LogP contribution is -2.33. The van der Waals surface area contributed by atoms with Gasteiger partial charge < -0.3 is 5.32 Å². The molecule has 2 heterocycles. The van der Waals surface area contributed by atoms with Gasteiger partial charge in [-0.2, -0.15) is 5.10 Å². The highest BCUT2D eigenvalue weighted by Crippen LogP contribution is 2.18. The molecule has 0 aliphatic carbocycles. The maximum absolute atomic E-state index is 12.1. The summed E-state index contributed by atoms with van der Waals surface area (Å²) in [5, 5.41) is 7.04. The van der Waals surface area contributed by atoms with Crippen LogP contribution in [0.1, 0.15) is 5.56 Å². The van der Waals surface area contributed by atoms with Crippen molar-refractivity contribution in [1.29, 1.82) is 0 Å². The third-order valence-corrected chi connectivity index (χ3v) is 4.04. The number of aromatic nitrogens is 3. The fourth-order valence-corrected chi connectivity index (χ4v) is 2.50. The molecule has 0 radical (unpaired) electrons. The molecule has 126 valence electrons. The summed E-state index contributed by atoms with van der Waals surface area (Å²) >= 11 is 3.38. The minimum absolute atomic E-state index is 0.135. The summed E-state index contributed by atoms with van der Waals surface area (Å²) in [5.41, 5.74) is 2.07. The van der Waals surface area contributed by atoms with Crippen LogP contribution in [0.3, 0.4) is 0 Å². The van der Waals surface area contributed by atoms with Gasteiger partial charge in [-0.25, -0.2) is 4.68 Å². The Morgan fingerprint density at radius 2 is 1.92 bits per heavy atom. The van der Waals surface area contributed by atoms with E-state index in [-0.39, 0.29) is 18.0 Å². The molecule has 0 saturated heterocycles. The number of benzene rings is 1. The molecule has 7 heteroatoms. The van der Waals surface area contributed by atoms with Gasteiger partial charge in [-0.3, -0.25) is 14.6 Å². The number of nitrogens with zero attached hydrogens (tertiary/aromatic N) is 3. The molecule has 0 atom stereocenters. The average molecular weight is 399 g/mol. The molecule has 0 saturated carbocycles. The van der Waals surface area contributed by atoms with Gasteiger partial charge in [0.1, 0.15) is 6.54 Å². The largest absolute Gasteiger partial charge is 0.350 e. The predicted molar refractivity (Wildman–Crippen MR) is 97.7 cm³/mol. The van der Waals surface area contributed by atoms with E-state index in [9.17, 15) is 9.59 Å². The summed E-state index contributed by atoms with van der Waals surface area (Å²) in [6.45, 7) is 0.220. The molecule has 6 nitrogen and oxygen atoms in total. The summed E-state index contributed by atoms with van der Waals surface area (Å²) in [7, 11) is 0. The van der Waals surface area contributed by atoms with Gasteiger partial charge >= 0.3 is 0 Å². The summed E-state index contributed by atoms with van der Waals surface area (Å²) in [4.78, 5) is 28.1. The first-order chi connectivity index (χ1) is 12.1. The van der Waals surface area contributed by atoms with E-state index in [1.165, 1.54) is 6.07 Å². The topological polar surface area (TPSA) is 76.9 Å². The molecular weight excluding hydrogens is 384 g/mol. The van der Waals surface area contributed by atoms with Gasteiger partial charge in [0, 0.05) is 35.0 Å². The van der Waals surface area contributed by atoms with Crippen molar-refractivity contribution in [3.8, 4) is 11.3 Å². The Hall–Kier alpha value is -2.80. The van der Waals surface area contributed by atoms with Crippen molar-refractivity contribution in [1.82, 2.24) is 20.1 Å². The first-order valence-corrected chi connectivity index (χ1v) is 8.41. The van der Waals surface area contributed by atoms with Gasteiger partial charge in [0.05, 0.1) is 5.69 Å². The van der Waals surface area contributed by atoms with E-state index in [2.05, 4.69) is 31.3 Å². The zero-order chi connectivity index (χ0) is 17.6. The van der Waals surface area contributed by atoms with E-state index in [1.54, 1.807) is 24.5 Å². The molecule has 1 amide bonds. The van der Waals surface area contributed by atoms with E-state index in [0.29, 0.717) is 12.2 Å². The number of rotatable bonds is 5. The van der Waals surface area contributed by atoms with E-state index in [1.807, 2.05) is 30.3 Å². The van der Waals surface area contributed by atoms with Crippen LogP contribution < -0.4 is 10.9 Å². The average Bonchev–Trinajstić information content (AvgIpc) is 2.63. The lowest BCUT2D eigenvalue weighted by molar-refractivity contribution is -0.122. The molecule has 0 unspecified atom stereocenters. The second kappa shape index (κ2) is 7.85. The first-order valence-electron chi connectivity index (χ1n) is 7.61. The Morgan fingerprint density at radius 3 is 2.64 bits per heavy atom. The summed E-state index contributed by atoms with van der Waals surface area (Å²) in [6, 6.07) is 14.3. The second-order valence-electron chi connectivity index (χ2n) is 5.36. The number of nitrogens with one attached hydrogen (secondary N) is 1. The van der Waals surface area contributed by atoms with Crippen molar-refractivity contribution < 1.29 is 4.79 Å².